The number of hydrogen-bond acceptors (Lipinski definition) is 3. The van der Waals surface area contributed by atoms with Crippen molar-refractivity contribution in [1.82, 2.24) is 4.98 Å². The lowest BCUT2D eigenvalue weighted by atomic mass is 10.0. The van der Waals surface area contributed by atoms with E-state index in [1.807, 2.05) is 6.07 Å². The second-order valence-electron chi connectivity index (χ2n) is 3.84. The molecule has 0 aliphatic carbocycles. The second kappa shape index (κ2) is 3.50. The first-order valence-corrected chi connectivity index (χ1v) is 4.78. The summed E-state index contributed by atoms with van der Waals surface area (Å²) in [5.74, 6) is 0.423. The first-order valence-electron chi connectivity index (χ1n) is 4.78. The molecule has 0 fully saturated rings. The molecule has 74 valence electrons. The van der Waals surface area contributed by atoms with Crippen molar-refractivity contribution in [2.45, 2.75) is 26.4 Å². The van der Waals surface area contributed by atoms with Crippen molar-refractivity contribution in [3.05, 3.63) is 29.1 Å². The fraction of sp³-hybridized carbons (Fsp3) is 0.455. The van der Waals surface area contributed by atoms with Crippen LogP contribution in [-0.2, 0) is 11.3 Å². The Balaban J connectivity index is 2.44. The van der Waals surface area contributed by atoms with Gasteiger partial charge in [0.1, 0.15) is 6.61 Å². The molecule has 2 rings (SSSR count). The van der Waals surface area contributed by atoms with Crippen LogP contribution < -0.4 is 0 Å². The minimum Gasteiger partial charge on any atom is -0.369 e. The number of fused-ring (bicyclic) bond motifs is 1. The van der Waals surface area contributed by atoms with E-state index < -0.39 is 0 Å². The van der Waals surface area contributed by atoms with E-state index >= 15 is 0 Å². The van der Waals surface area contributed by atoms with Gasteiger partial charge in [-0.25, -0.2) is 0 Å². The van der Waals surface area contributed by atoms with Crippen LogP contribution in [0.2, 0.25) is 0 Å². The fourth-order valence-corrected chi connectivity index (χ4v) is 1.53. The van der Waals surface area contributed by atoms with Crippen molar-refractivity contribution in [3.8, 4) is 0 Å². The topological polar surface area (TPSA) is 39.2 Å². The molecule has 0 N–H and O–H groups in total. The number of ketones is 1. The molecule has 0 aromatic carbocycles. The number of pyridine rings is 1. The Morgan fingerprint density at radius 2 is 2.21 bits per heavy atom. The van der Waals surface area contributed by atoms with E-state index in [1.165, 1.54) is 0 Å². The monoisotopic (exact) mass is 191 g/mol. The summed E-state index contributed by atoms with van der Waals surface area (Å²) < 4.78 is 5.17. The van der Waals surface area contributed by atoms with Gasteiger partial charge in [-0.1, -0.05) is 13.8 Å². The summed E-state index contributed by atoms with van der Waals surface area (Å²) in [7, 11) is 0. The minimum absolute atomic E-state index is 0.0362. The summed E-state index contributed by atoms with van der Waals surface area (Å²) in [5, 5.41) is 0. The van der Waals surface area contributed by atoms with E-state index in [4.69, 9.17) is 4.74 Å². The van der Waals surface area contributed by atoms with Crippen LogP contribution in [0.4, 0.5) is 0 Å². The minimum atomic E-state index is 0.0362. The van der Waals surface area contributed by atoms with E-state index in [-0.39, 0.29) is 12.4 Å². The Bertz CT molecular complexity index is 372. The van der Waals surface area contributed by atoms with Crippen molar-refractivity contribution < 1.29 is 9.53 Å². The second-order valence-corrected chi connectivity index (χ2v) is 3.84. The summed E-state index contributed by atoms with van der Waals surface area (Å²) in [5.41, 5.74) is 2.71. The first kappa shape index (κ1) is 9.34. The summed E-state index contributed by atoms with van der Waals surface area (Å²) in [6.07, 6.45) is 1.68. The summed E-state index contributed by atoms with van der Waals surface area (Å²) in [6.45, 7) is 4.89. The predicted octanol–water partition coefficient (Wildman–Crippen LogP) is 1.92. The lowest BCUT2D eigenvalue weighted by Gasteiger charge is -2.16. The molecule has 0 spiro atoms. The predicted molar refractivity (Wildman–Crippen MR) is 52.3 cm³/mol. The molecule has 0 radical (unpaired) electrons. The molecule has 2 heterocycles. The zero-order chi connectivity index (χ0) is 10.1. The van der Waals surface area contributed by atoms with Crippen LogP contribution in [-0.4, -0.2) is 17.4 Å². The molecular formula is C11H13NO2. The highest BCUT2D eigenvalue weighted by molar-refractivity contribution is 5.98. The van der Waals surface area contributed by atoms with Crippen LogP contribution in [0.1, 0.15) is 41.4 Å². The largest absolute Gasteiger partial charge is 0.369 e. The van der Waals surface area contributed by atoms with Gasteiger partial charge in [-0.2, -0.15) is 0 Å². The standard InChI is InChI=1S/C11H13NO2/c1-7(2)10-3-8-5-14-6-11(13)9(8)4-12-10/h3-4,7H,5-6H2,1-2H3. The molecule has 1 aromatic rings. The quantitative estimate of drug-likeness (QED) is 0.680. The molecule has 0 saturated heterocycles. The Hall–Kier alpha value is -1.22. The Labute approximate surface area is 83.1 Å². The van der Waals surface area contributed by atoms with Gasteiger partial charge in [-0.15, -0.1) is 0 Å². The maximum Gasteiger partial charge on any atom is 0.190 e. The molecule has 1 aromatic heterocycles. The summed E-state index contributed by atoms with van der Waals surface area (Å²) in [4.78, 5) is 15.7. The molecule has 3 heteroatoms. The van der Waals surface area contributed by atoms with Gasteiger partial charge in [-0.05, 0) is 17.5 Å². The lowest BCUT2D eigenvalue weighted by Crippen LogP contribution is -2.19. The van der Waals surface area contributed by atoms with Gasteiger partial charge in [0, 0.05) is 17.5 Å². The molecule has 14 heavy (non-hydrogen) atoms. The van der Waals surface area contributed by atoms with Crippen LogP contribution in [0, 0.1) is 0 Å². The molecule has 0 amide bonds. The van der Waals surface area contributed by atoms with Gasteiger partial charge in [0.25, 0.3) is 0 Å². The molecular weight excluding hydrogens is 178 g/mol. The highest BCUT2D eigenvalue weighted by Crippen LogP contribution is 2.20. The average Bonchev–Trinajstić information content (AvgIpc) is 2.17. The maximum atomic E-state index is 11.4. The third kappa shape index (κ3) is 1.55. The number of Topliss-reactive ketones (excluding diaryl/α,β-unsaturated/α-hetero) is 1. The van der Waals surface area contributed by atoms with Gasteiger partial charge in [0.05, 0.1) is 6.61 Å². The Morgan fingerprint density at radius 1 is 1.43 bits per heavy atom. The number of hydrogen-bond donors (Lipinski definition) is 0. The van der Waals surface area contributed by atoms with Crippen LogP contribution in [0.15, 0.2) is 12.3 Å². The number of carbonyl (C=O) groups is 1. The van der Waals surface area contributed by atoms with Gasteiger partial charge >= 0.3 is 0 Å². The lowest BCUT2D eigenvalue weighted by molar-refractivity contribution is 0.0664. The van der Waals surface area contributed by atoms with E-state index in [0.717, 1.165) is 16.8 Å². The SMILES string of the molecule is CC(C)c1cc2c(cn1)C(=O)COC2. The number of ether oxygens (including phenoxy) is 1. The summed E-state index contributed by atoms with van der Waals surface area (Å²) >= 11 is 0. The smallest absolute Gasteiger partial charge is 0.190 e. The molecule has 0 atom stereocenters. The Kier molecular flexibility index (Phi) is 2.33. The van der Waals surface area contributed by atoms with Crippen LogP contribution >= 0.6 is 0 Å². The van der Waals surface area contributed by atoms with E-state index in [2.05, 4.69) is 18.8 Å². The van der Waals surface area contributed by atoms with Crippen LogP contribution in [0.3, 0.4) is 0 Å². The normalized spacial score (nSPS) is 15.8. The van der Waals surface area contributed by atoms with Gasteiger partial charge in [-0.3, -0.25) is 9.78 Å². The zero-order valence-electron chi connectivity index (χ0n) is 8.41. The first-order chi connectivity index (χ1) is 6.68. The van der Waals surface area contributed by atoms with Gasteiger partial charge in [0.2, 0.25) is 0 Å². The van der Waals surface area contributed by atoms with Gasteiger partial charge < -0.3 is 4.74 Å². The van der Waals surface area contributed by atoms with Crippen molar-refractivity contribution in [3.63, 3.8) is 0 Å². The Morgan fingerprint density at radius 3 is 2.93 bits per heavy atom. The van der Waals surface area contributed by atoms with Crippen molar-refractivity contribution in [2.24, 2.45) is 0 Å². The molecule has 0 bridgehead atoms. The third-order valence-corrected chi connectivity index (χ3v) is 2.39. The molecule has 1 aliphatic heterocycles. The van der Waals surface area contributed by atoms with E-state index in [9.17, 15) is 4.79 Å². The molecule has 3 nitrogen and oxygen atoms in total. The van der Waals surface area contributed by atoms with Crippen molar-refractivity contribution >= 4 is 5.78 Å². The summed E-state index contributed by atoms with van der Waals surface area (Å²) in [6, 6.07) is 1.97. The fourth-order valence-electron chi connectivity index (χ4n) is 1.53. The van der Waals surface area contributed by atoms with Gasteiger partial charge in [0.15, 0.2) is 5.78 Å². The average molecular weight is 191 g/mol. The number of rotatable bonds is 1. The number of nitrogens with zero attached hydrogens (tertiary/aromatic N) is 1. The van der Waals surface area contributed by atoms with E-state index in [0.29, 0.717) is 12.5 Å². The van der Waals surface area contributed by atoms with Crippen molar-refractivity contribution in [1.29, 1.82) is 0 Å². The molecule has 1 aliphatic rings. The highest BCUT2D eigenvalue weighted by atomic mass is 16.5. The molecule has 0 unspecified atom stereocenters. The maximum absolute atomic E-state index is 11.4. The van der Waals surface area contributed by atoms with Crippen molar-refractivity contribution in [2.75, 3.05) is 6.61 Å². The number of carbonyl (C=O) groups excluding carboxylic acids is 1. The highest BCUT2D eigenvalue weighted by Gasteiger charge is 2.18. The van der Waals surface area contributed by atoms with Crippen LogP contribution in [0.5, 0.6) is 0 Å². The van der Waals surface area contributed by atoms with E-state index in [1.54, 1.807) is 6.20 Å². The zero-order valence-corrected chi connectivity index (χ0v) is 8.41. The molecule has 0 saturated carbocycles. The van der Waals surface area contributed by atoms with Crippen LogP contribution in [0.25, 0.3) is 0 Å². The number of aromatic nitrogens is 1. The third-order valence-electron chi connectivity index (χ3n) is 2.39.